The summed E-state index contributed by atoms with van der Waals surface area (Å²) < 4.78 is 10.5. The molecule has 4 aliphatic carbocycles. The number of carbonyl (C=O) groups is 3. The molecule has 4 bridgehead atoms. The fraction of sp³-hybridized carbons (Fsp3) is 0.591. The first kappa shape index (κ1) is 19.0. The van der Waals surface area contributed by atoms with Crippen molar-refractivity contribution >= 4 is 23.5 Å². The van der Waals surface area contributed by atoms with E-state index in [1.165, 1.54) is 19.3 Å². The fourth-order valence-electron chi connectivity index (χ4n) is 5.81. The number of carbonyl (C=O) groups excluding carboxylic acids is 3. The Balaban J connectivity index is 1.35. The van der Waals surface area contributed by atoms with E-state index >= 15 is 0 Å². The lowest BCUT2D eigenvalue weighted by atomic mass is 9.49. The standard InChI is InChI=1S/C22H27NO5/c1-2-27-20(25)17-5-3-4-6-18(17)23-19(24)13-28-21(26)22-10-14-7-15(11-22)9-16(8-14)12-22/h3-6,14-16H,2,7-13H2,1H3,(H,23,24). The number of hydrogen-bond donors (Lipinski definition) is 1. The number of anilines is 1. The van der Waals surface area contributed by atoms with Gasteiger partial charge in [-0.3, -0.25) is 9.59 Å². The molecule has 0 atom stereocenters. The molecule has 0 saturated heterocycles. The van der Waals surface area contributed by atoms with Gasteiger partial charge >= 0.3 is 11.9 Å². The maximum Gasteiger partial charge on any atom is 0.340 e. The van der Waals surface area contributed by atoms with E-state index in [4.69, 9.17) is 9.47 Å². The molecule has 28 heavy (non-hydrogen) atoms. The SMILES string of the molecule is CCOC(=O)c1ccccc1NC(=O)COC(=O)C12CC3CC(CC(C3)C1)C2. The summed E-state index contributed by atoms with van der Waals surface area (Å²) in [7, 11) is 0. The van der Waals surface area contributed by atoms with E-state index in [9.17, 15) is 14.4 Å². The first-order valence-corrected chi connectivity index (χ1v) is 10.2. The molecule has 0 unspecified atom stereocenters. The van der Waals surface area contributed by atoms with Crippen molar-refractivity contribution in [1.82, 2.24) is 0 Å². The summed E-state index contributed by atoms with van der Waals surface area (Å²) in [5, 5.41) is 2.66. The molecule has 5 rings (SSSR count). The smallest absolute Gasteiger partial charge is 0.340 e. The zero-order valence-electron chi connectivity index (χ0n) is 16.2. The van der Waals surface area contributed by atoms with Crippen molar-refractivity contribution in [1.29, 1.82) is 0 Å². The second-order valence-electron chi connectivity index (χ2n) is 8.59. The van der Waals surface area contributed by atoms with Crippen LogP contribution >= 0.6 is 0 Å². The lowest BCUT2D eigenvalue weighted by Gasteiger charge is -2.55. The van der Waals surface area contributed by atoms with Crippen LogP contribution in [0.4, 0.5) is 5.69 Å². The molecule has 6 heteroatoms. The summed E-state index contributed by atoms with van der Waals surface area (Å²) in [5.74, 6) is 0.761. The first-order valence-electron chi connectivity index (χ1n) is 10.2. The third-order valence-corrected chi connectivity index (χ3v) is 6.50. The van der Waals surface area contributed by atoms with Crippen molar-refractivity contribution in [3.63, 3.8) is 0 Å². The molecule has 1 amide bonds. The van der Waals surface area contributed by atoms with Crippen LogP contribution in [0.3, 0.4) is 0 Å². The van der Waals surface area contributed by atoms with E-state index < -0.39 is 11.9 Å². The van der Waals surface area contributed by atoms with E-state index in [0.717, 1.165) is 19.3 Å². The maximum atomic E-state index is 12.8. The van der Waals surface area contributed by atoms with Crippen LogP contribution in [0.15, 0.2) is 24.3 Å². The van der Waals surface area contributed by atoms with Gasteiger partial charge in [0, 0.05) is 0 Å². The summed E-state index contributed by atoms with van der Waals surface area (Å²) in [4.78, 5) is 37.2. The van der Waals surface area contributed by atoms with Crippen molar-refractivity contribution in [2.24, 2.45) is 23.2 Å². The Hall–Kier alpha value is -2.37. The third kappa shape index (κ3) is 3.64. The van der Waals surface area contributed by atoms with Gasteiger partial charge < -0.3 is 14.8 Å². The average molecular weight is 385 g/mol. The van der Waals surface area contributed by atoms with Crippen LogP contribution in [0.2, 0.25) is 0 Å². The second kappa shape index (κ2) is 7.57. The molecule has 0 spiro atoms. The minimum absolute atomic E-state index is 0.222. The van der Waals surface area contributed by atoms with E-state index in [0.29, 0.717) is 23.4 Å². The van der Waals surface area contributed by atoms with Crippen LogP contribution in [-0.2, 0) is 19.1 Å². The summed E-state index contributed by atoms with van der Waals surface area (Å²) in [6.07, 6.45) is 6.47. The average Bonchev–Trinajstić information content (AvgIpc) is 2.65. The molecule has 6 nitrogen and oxygen atoms in total. The largest absolute Gasteiger partial charge is 0.462 e. The van der Waals surface area contributed by atoms with E-state index in [2.05, 4.69) is 5.32 Å². The number of esters is 2. The predicted octanol–water partition coefficient (Wildman–Crippen LogP) is 3.56. The summed E-state index contributed by atoms with van der Waals surface area (Å²) in [6.45, 7) is 1.64. The van der Waals surface area contributed by atoms with Gasteiger partial charge in [0.1, 0.15) is 0 Å². The number of benzene rings is 1. The highest BCUT2D eigenvalue weighted by molar-refractivity contribution is 6.02. The van der Waals surface area contributed by atoms with Gasteiger partial charge in [-0.25, -0.2) is 4.79 Å². The quantitative estimate of drug-likeness (QED) is 0.757. The van der Waals surface area contributed by atoms with Gasteiger partial charge in [-0.1, -0.05) is 12.1 Å². The lowest BCUT2D eigenvalue weighted by Crippen LogP contribution is -2.50. The van der Waals surface area contributed by atoms with E-state index in [1.807, 2.05) is 0 Å². The number of nitrogens with one attached hydrogen (secondary N) is 1. The van der Waals surface area contributed by atoms with Crippen molar-refractivity contribution < 1.29 is 23.9 Å². The zero-order valence-corrected chi connectivity index (χ0v) is 16.2. The van der Waals surface area contributed by atoms with Crippen LogP contribution < -0.4 is 5.32 Å². The Bertz CT molecular complexity index is 752. The minimum Gasteiger partial charge on any atom is -0.462 e. The van der Waals surface area contributed by atoms with Crippen molar-refractivity contribution in [2.45, 2.75) is 45.4 Å². The Morgan fingerprint density at radius 2 is 1.61 bits per heavy atom. The highest BCUT2D eigenvalue weighted by Gasteiger charge is 2.55. The number of hydrogen-bond acceptors (Lipinski definition) is 5. The topological polar surface area (TPSA) is 81.7 Å². The Morgan fingerprint density at radius 3 is 2.21 bits per heavy atom. The van der Waals surface area contributed by atoms with Crippen molar-refractivity contribution in [2.75, 3.05) is 18.5 Å². The summed E-state index contributed by atoms with van der Waals surface area (Å²) in [6, 6.07) is 6.65. The third-order valence-electron chi connectivity index (χ3n) is 6.50. The monoisotopic (exact) mass is 385 g/mol. The maximum absolute atomic E-state index is 12.8. The lowest BCUT2D eigenvalue weighted by molar-refractivity contribution is -0.172. The Labute approximate surface area is 165 Å². The molecule has 4 fully saturated rings. The Kier molecular flexibility index (Phi) is 5.13. The molecule has 4 aliphatic rings. The number of ether oxygens (including phenoxy) is 2. The van der Waals surface area contributed by atoms with Gasteiger partial charge in [-0.2, -0.15) is 0 Å². The molecule has 150 valence electrons. The zero-order chi connectivity index (χ0) is 19.7. The second-order valence-corrected chi connectivity index (χ2v) is 8.59. The fourth-order valence-corrected chi connectivity index (χ4v) is 5.81. The van der Waals surface area contributed by atoms with Gasteiger partial charge in [-0.15, -0.1) is 0 Å². The first-order chi connectivity index (χ1) is 13.5. The highest BCUT2D eigenvalue weighted by atomic mass is 16.5. The molecule has 0 aliphatic heterocycles. The molecular formula is C22H27NO5. The van der Waals surface area contributed by atoms with Gasteiger partial charge in [0.15, 0.2) is 6.61 Å². The van der Waals surface area contributed by atoms with Crippen molar-refractivity contribution in [3.8, 4) is 0 Å². The molecule has 1 N–H and O–H groups in total. The van der Waals surface area contributed by atoms with Crippen LogP contribution in [0.25, 0.3) is 0 Å². The molecule has 4 saturated carbocycles. The van der Waals surface area contributed by atoms with Gasteiger partial charge in [-0.05, 0) is 75.3 Å². The minimum atomic E-state index is -0.496. The van der Waals surface area contributed by atoms with Crippen LogP contribution in [-0.4, -0.2) is 31.1 Å². The molecular weight excluding hydrogens is 358 g/mol. The van der Waals surface area contributed by atoms with E-state index in [-0.39, 0.29) is 30.2 Å². The van der Waals surface area contributed by atoms with Crippen molar-refractivity contribution in [3.05, 3.63) is 29.8 Å². The highest BCUT2D eigenvalue weighted by Crippen LogP contribution is 2.60. The molecule has 0 radical (unpaired) electrons. The predicted molar refractivity (Wildman–Crippen MR) is 103 cm³/mol. The number of amides is 1. The van der Waals surface area contributed by atoms with Crippen LogP contribution in [0.5, 0.6) is 0 Å². The molecule has 0 heterocycles. The van der Waals surface area contributed by atoms with Crippen LogP contribution in [0.1, 0.15) is 55.8 Å². The van der Waals surface area contributed by atoms with Crippen LogP contribution in [0, 0.1) is 23.2 Å². The number of para-hydroxylation sites is 1. The molecule has 0 aromatic heterocycles. The number of rotatable bonds is 6. The summed E-state index contributed by atoms with van der Waals surface area (Å²) >= 11 is 0. The van der Waals surface area contributed by atoms with Gasteiger partial charge in [0.25, 0.3) is 5.91 Å². The molecule has 1 aromatic carbocycles. The van der Waals surface area contributed by atoms with Gasteiger partial charge in [0.2, 0.25) is 0 Å². The van der Waals surface area contributed by atoms with Gasteiger partial charge in [0.05, 0.1) is 23.3 Å². The summed E-state index contributed by atoms with van der Waals surface area (Å²) in [5.41, 5.74) is 0.264. The normalized spacial score (nSPS) is 30.0. The molecule has 1 aromatic rings. The Morgan fingerprint density at radius 1 is 1.00 bits per heavy atom. The van der Waals surface area contributed by atoms with E-state index in [1.54, 1.807) is 31.2 Å².